The first-order chi connectivity index (χ1) is 9.07. The normalized spacial score (nSPS) is 23.0. The molecule has 3 heterocycles. The zero-order valence-electron chi connectivity index (χ0n) is 11.0. The van der Waals surface area contributed by atoms with Gasteiger partial charge in [-0.2, -0.15) is 15.4 Å². The number of hydrogen-bond donors (Lipinski definition) is 2. The molecule has 1 aliphatic rings. The Kier molecular flexibility index (Phi) is 2.70. The van der Waals surface area contributed by atoms with Crippen LogP contribution in [0.25, 0.3) is 0 Å². The van der Waals surface area contributed by atoms with Gasteiger partial charge in [0.15, 0.2) is 0 Å². The smallest absolute Gasteiger partial charge is 0.132 e. The minimum Gasteiger partial charge on any atom is -0.381 e. The van der Waals surface area contributed by atoms with Gasteiger partial charge in [-0.3, -0.25) is 0 Å². The molecule has 0 radical (unpaired) electrons. The third kappa shape index (κ3) is 2.17. The average molecular weight is 260 g/mol. The molecule has 1 fully saturated rings. The summed E-state index contributed by atoms with van der Waals surface area (Å²) in [5.74, 6) is 1.59. The van der Waals surface area contributed by atoms with Crippen molar-refractivity contribution in [1.29, 1.82) is 0 Å². The SMILES string of the molecule is Cc1cc(N2CC[C@](O)(c3cn[nH]n3)C2)nc(C)n1. The molecule has 2 aromatic heterocycles. The van der Waals surface area contributed by atoms with Gasteiger partial charge in [-0.05, 0) is 13.8 Å². The molecule has 0 aromatic carbocycles. The maximum Gasteiger partial charge on any atom is 0.132 e. The van der Waals surface area contributed by atoms with Crippen LogP contribution in [0.15, 0.2) is 12.3 Å². The number of anilines is 1. The van der Waals surface area contributed by atoms with Crippen LogP contribution in [0, 0.1) is 13.8 Å². The summed E-state index contributed by atoms with van der Waals surface area (Å²) in [5, 5.41) is 20.9. The molecule has 0 unspecified atom stereocenters. The third-order valence-corrected chi connectivity index (χ3v) is 3.42. The third-order valence-electron chi connectivity index (χ3n) is 3.42. The molecule has 0 spiro atoms. The lowest BCUT2D eigenvalue weighted by Crippen LogP contribution is -2.31. The van der Waals surface area contributed by atoms with Crippen molar-refractivity contribution in [2.24, 2.45) is 0 Å². The van der Waals surface area contributed by atoms with Crippen LogP contribution in [-0.4, -0.2) is 43.6 Å². The Hall–Kier alpha value is -2.02. The van der Waals surface area contributed by atoms with E-state index in [0.29, 0.717) is 18.7 Å². The molecule has 1 atom stereocenters. The summed E-state index contributed by atoms with van der Waals surface area (Å²) >= 11 is 0. The highest BCUT2D eigenvalue weighted by Crippen LogP contribution is 2.32. The van der Waals surface area contributed by atoms with Crippen molar-refractivity contribution in [2.75, 3.05) is 18.0 Å². The van der Waals surface area contributed by atoms with E-state index in [-0.39, 0.29) is 0 Å². The van der Waals surface area contributed by atoms with Crippen molar-refractivity contribution in [1.82, 2.24) is 25.4 Å². The number of hydrogen-bond acceptors (Lipinski definition) is 6. The Morgan fingerprint density at radius 3 is 2.89 bits per heavy atom. The van der Waals surface area contributed by atoms with E-state index in [2.05, 4.69) is 30.3 Å². The second-order valence-corrected chi connectivity index (χ2v) is 4.97. The van der Waals surface area contributed by atoms with Crippen LogP contribution in [0.4, 0.5) is 5.82 Å². The largest absolute Gasteiger partial charge is 0.381 e. The quantitative estimate of drug-likeness (QED) is 0.807. The first-order valence-corrected chi connectivity index (χ1v) is 6.23. The number of H-pyrrole nitrogens is 1. The highest BCUT2D eigenvalue weighted by atomic mass is 16.3. The molecule has 7 nitrogen and oxygen atoms in total. The standard InChI is InChI=1S/C12H16N6O/c1-8-5-11(15-9(2)14-8)18-4-3-12(19,7-18)10-6-13-17-16-10/h5-6,19H,3-4,7H2,1-2H3,(H,13,16,17)/t12-/m1/s1. The Morgan fingerprint density at radius 1 is 1.37 bits per heavy atom. The van der Waals surface area contributed by atoms with E-state index in [0.717, 1.165) is 23.9 Å². The summed E-state index contributed by atoms with van der Waals surface area (Å²) in [6, 6.07) is 1.93. The highest BCUT2D eigenvalue weighted by Gasteiger charge is 2.40. The van der Waals surface area contributed by atoms with E-state index in [1.54, 1.807) is 6.20 Å². The van der Waals surface area contributed by atoms with E-state index >= 15 is 0 Å². The fourth-order valence-corrected chi connectivity index (χ4v) is 2.48. The molecular formula is C12H16N6O. The maximum absolute atomic E-state index is 10.6. The number of aryl methyl sites for hydroxylation is 2. The Balaban J connectivity index is 1.86. The zero-order chi connectivity index (χ0) is 13.5. The fraction of sp³-hybridized carbons (Fsp3) is 0.500. The Bertz CT molecular complexity index is 564. The van der Waals surface area contributed by atoms with Crippen LogP contribution in [-0.2, 0) is 5.60 Å². The van der Waals surface area contributed by atoms with Crippen LogP contribution in [0.2, 0.25) is 0 Å². The van der Waals surface area contributed by atoms with Gasteiger partial charge < -0.3 is 10.0 Å². The van der Waals surface area contributed by atoms with Crippen molar-refractivity contribution in [2.45, 2.75) is 25.9 Å². The van der Waals surface area contributed by atoms with Crippen LogP contribution in [0.3, 0.4) is 0 Å². The number of nitrogens with zero attached hydrogens (tertiary/aromatic N) is 5. The van der Waals surface area contributed by atoms with Crippen molar-refractivity contribution >= 4 is 5.82 Å². The van der Waals surface area contributed by atoms with Gasteiger partial charge in [-0.1, -0.05) is 0 Å². The molecule has 3 rings (SSSR count). The number of aliphatic hydroxyl groups is 1. The molecule has 0 aliphatic carbocycles. The fourth-order valence-electron chi connectivity index (χ4n) is 2.48. The minimum atomic E-state index is -0.959. The maximum atomic E-state index is 10.6. The topological polar surface area (TPSA) is 90.8 Å². The predicted molar refractivity (Wildman–Crippen MR) is 68.6 cm³/mol. The number of β-amino-alcohol motifs (C(OH)–C–C–N with tert-alkyl or cyclic N) is 1. The van der Waals surface area contributed by atoms with Crippen molar-refractivity contribution in [3.05, 3.63) is 29.5 Å². The first kappa shape index (κ1) is 12.0. The van der Waals surface area contributed by atoms with E-state index in [1.807, 2.05) is 19.9 Å². The molecule has 2 aromatic rings. The van der Waals surface area contributed by atoms with Crippen LogP contribution in [0.1, 0.15) is 23.6 Å². The Morgan fingerprint density at radius 2 is 2.21 bits per heavy atom. The van der Waals surface area contributed by atoms with E-state index < -0.39 is 5.60 Å². The van der Waals surface area contributed by atoms with Gasteiger partial charge >= 0.3 is 0 Å². The summed E-state index contributed by atoms with van der Waals surface area (Å²) < 4.78 is 0. The van der Waals surface area contributed by atoms with Crippen LogP contribution < -0.4 is 4.90 Å². The summed E-state index contributed by atoms with van der Waals surface area (Å²) in [6.07, 6.45) is 2.18. The van der Waals surface area contributed by atoms with Gasteiger partial charge in [0.25, 0.3) is 0 Å². The van der Waals surface area contributed by atoms with Gasteiger partial charge in [0, 0.05) is 24.7 Å². The predicted octanol–water partition coefficient (Wildman–Crippen LogP) is 0.309. The molecule has 1 saturated heterocycles. The van der Waals surface area contributed by atoms with E-state index in [1.165, 1.54) is 0 Å². The lowest BCUT2D eigenvalue weighted by Gasteiger charge is -2.22. The monoisotopic (exact) mass is 260 g/mol. The summed E-state index contributed by atoms with van der Waals surface area (Å²) in [4.78, 5) is 10.7. The highest BCUT2D eigenvalue weighted by molar-refractivity contribution is 5.42. The van der Waals surface area contributed by atoms with Gasteiger partial charge in [0.05, 0.1) is 12.7 Å². The van der Waals surface area contributed by atoms with Crippen LogP contribution in [0.5, 0.6) is 0 Å². The lowest BCUT2D eigenvalue weighted by molar-refractivity contribution is 0.0559. The molecule has 2 N–H and O–H groups in total. The van der Waals surface area contributed by atoms with Gasteiger partial charge in [-0.15, -0.1) is 0 Å². The minimum absolute atomic E-state index is 0.468. The number of aromatic nitrogens is 5. The summed E-state index contributed by atoms with van der Waals surface area (Å²) in [6.45, 7) is 5.02. The summed E-state index contributed by atoms with van der Waals surface area (Å²) in [5.41, 5.74) is 0.552. The van der Waals surface area contributed by atoms with E-state index in [9.17, 15) is 5.11 Å². The molecule has 0 bridgehead atoms. The molecule has 19 heavy (non-hydrogen) atoms. The molecule has 1 aliphatic heterocycles. The summed E-state index contributed by atoms with van der Waals surface area (Å²) in [7, 11) is 0. The van der Waals surface area contributed by atoms with Crippen molar-refractivity contribution < 1.29 is 5.11 Å². The number of nitrogens with one attached hydrogen (secondary N) is 1. The van der Waals surface area contributed by atoms with Gasteiger partial charge in [-0.25, -0.2) is 9.97 Å². The van der Waals surface area contributed by atoms with Crippen LogP contribution >= 0.6 is 0 Å². The first-order valence-electron chi connectivity index (χ1n) is 6.23. The number of aromatic amines is 1. The Labute approximate surface area is 110 Å². The van der Waals surface area contributed by atoms with Gasteiger partial charge in [0.2, 0.25) is 0 Å². The lowest BCUT2D eigenvalue weighted by atomic mass is 10.0. The molecule has 100 valence electrons. The van der Waals surface area contributed by atoms with E-state index in [4.69, 9.17) is 0 Å². The molecular weight excluding hydrogens is 244 g/mol. The second-order valence-electron chi connectivity index (χ2n) is 4.97. The van der Waals surface area contributed by atoms with Crippen molar-refractivity contribution in [3.63, 3.8) is 0 Å². The molecule has 0 saturated carbocycles. The molecule has 7 heteroatoms. The number of rotatable bonds is 2. The van der Waals surface area contributed by atoms with Crippen molar-refractivity contribution in [3.8, 4) is 0 Å². The van der Waals surface area contributed by atoms with Gasteiger partial charge in [0.1, 0.15) is 22.9 Å². The second kappa shape index (κ2) is 4.27. The average Bonchev–Trinajstić information content (AvgIpc) is 2.97. The molecule has 0 amide bonds. The zero-order valence-corrected chi connectivity index (χ0v) is 11.0.